The van der Waals surface area contributed by atoms with Gasteiger partial charge >= 0.3 is 29.1 Å². The number of halogens is 11. The zero-order chi connectivity index (χ0) is 19.2. The number of carbonyl (C=O) groups is 1. The van der Waals surface area contributed by atoms with Crippen LogP contribution in [0.15, 0.2) is 0 Å². The molecule has 142 valence electrons. The molecule has 1 heterocycles. The highest BCUT2D eigenvalue weighted by molar-refractivity contribution is 6.22. The van der Waals surface area contributed by atoms with Crippen LogP contribution in [-0.4, -0.2) is 53.0 Å². The number of hydrogen-bond acceptors (Lipinski definition) is 1. The van der Waals surface area contributed by atoms with Crippen LogP contribution in [0.2, 0.25) is 0 Å². The van der Waals surface area contributed by atoms with Crippen molar-refractivity contribution in [3.63, 3.8) is 0 Å². The second-order valence-electron chi connectivity index (χ2n) is 5.15. The lowest BCUT2D eigenvalue weighted by atomic mass is 9.97. The first-order valence-electron chi connectivity index (χ1n) is 6.39. The molecule has 0 unspecified atom stereocenters. The molecule has 1 saturated heterocycles. The highest BCUT2D eigenvalue weighted by Crippen LogP contribution is 2.58. The molecule has 0 atom stereocenters. The Bertz CT molecular complexity index is 484. The molecule has 1 aliphatic heterocycles. The third kappa shape index (κ3) is 3.01. The Hall–Kier alpha value is -0.940. The number of carbonyl (C=O) groups excluding carboxylic acids is 1. The molecule has 0 spiro atoms. The van der Waals surface area contributed by atoms with Gasteiger partial charge < -0.3 is 4.90 Å². The van der Waals surface area contributed by atoms with E-state index in [4.69, 9.17) is 0 Å². The molecule has 0 N–H and O–H groups in total. The Balaban J connectivity index is 3.26. The van der Waals surface area contributed by atoms with Crippen molar-refractivity contribution in [2.75, 3.05) is 13.1 Å². The fraction of sp³-hybridized carbons (Fsp3) is 0.909. The molecular formula is C11H10ClF10NO. The Morgan fingerprint density at radius 3 is 1.50 bits per heavy atom. The van der Waals surface area contributed by atoms with Gasteiger partial charge in [-0.1, -0.05) is 0 Å². The zero-order valence-corrected chi connectivity index (χ0v) is 12.3. The van der Waals surface area contributed by atoms with Crippen molar-refractivity contribution in [1.82, 2.24) is 4.90 Å². The van der Waals surface area contributed by atoms with Crippen LogP contribution in [0.1, 0.15) is 19.3 Å². The molecule has 0 aromatic heterocycles. The van der Waals surface area contributed by atoms with Gasteiger partial charge in [-0.05, 0) is 30.9 Å². The Morgan fingerprint density at radius 1 is 0.708 bits per heavy atom. The summed E-state index contributed by atoms with van der Waals surface area (Å²) in [7, 11) is 0. The molecule has 0 aromatic rings. The van der Waals surface area contributed by atoms with Gasteiger partial charge in [0.1, 0.15) is 0 Å². The minimum Gasteiger partial charge on any atom is -0.337 e. The van der Waals surface area contributed by atoms with Crippen LogP contribution < -0.4 is 0 Å². The van der Waals surface area contributed by atoms with Gasteiger partial charge in [-0.25, -0.2) is 0 Å². The second kappa shape index (κ2) is 6.10. The third-order valence-electron chi connectivity index (χ3n) is 3.45. The molecule has 1 aliphatic rings. The van der Waals surface area contributed by atoms with Crippen molar-refractivity contribution >= 4 is 17.5 Å². The molecule has 0 bridgehead atoms. The summed E-state index contributed by atoms with van der Waals surface area (Å²) in [4.78, 5) is 11.5. The number of hydrogen-bond donors (Lipinski definition) is 0. The molecule has 0 radical (unpaired) electrons. The van der Waals surface area contributed by atoms with Crippen LogP contribution in [0.25, 0.3) is 0 Å². The van der Waals surface area contributed by atoms with Crippen molar-refractivity contribution in [2.24, 2.45) is 0 Å². The molecule has 1 amide bonds. The first kappa shape index (κ1) is 21.1. The lowest BCUT2D eigenvalue weighted by molar-refractivity contribution is -0.383. The number of piperidine rings is 1. The van der Waals surface area contributed by atoms with E-state index in [2.05, 4.69) is 11.6 Å². The summed E-state index contributed by atoms with van der Waals surface area (Å²) >= 11 is 3.66. The van der Waals surface area contributed by atoms with Crippen molar-refractivity contribution in [2.45, 2.75) is 48.3 Å². The van der Waals surface area contributed by atoms with E-state index >= 15 is 0 Å². The fourth-order valence-corrected chi connectivity index (χ4v) is 2.12. The van der Waals surface area contributed by atoms with E-state index in [9.17, 15) is 48.7 Å². The van der Waals surface area contributed by atoms with Crippen LogP contribution in [-0.2, 0) is 4.79 Å². The molecule has 2 nitrogen and oxygen atoms in total. The second-order valence-corrected chi connectivity index (χ2v) is 5.62. The van der Waals surface area contributed by atoms with E-state index in [0.717, 1.165) is 0 Å². The van der Waals surface area contributed by atoms with Crippen LogP contribution in [0.4, 0.5) is 43.9 Å². The van der Waals surface area contributed by atoms with Crippen molar-refractivity contribution in [3.8, 4) is 0 Å². The Kier molecular flexibility index (Phi) is 5.36. The molecule has 1 rings (SSSR count). The van der Waals surface area contributed by atoms with Gasteiger partial charge in [-0.3, -0.25) is 4.79 Å². The third-order valence-corrected chi connectivity index (χ3v) is 3.69. The maximum absolute atomic E-state index is 13.6. The summed E-state index contributed by atoms with van der Waals surface area (Å²) in [5.74, 6) is -30.7. The molecule has 0 aliphatic carbocycles. The molecule has 13 heteroatoms. The summed E-state index contributed by atoms with van der Waals surface area (Å²) in [6.07, 6.45) is 0.637. The minimum absolute atomic E-state index is 0.0878. The van der Waals surface area contributed by atoms with E-state index in [1.54, 1.807) is 0 Å². The van der Waals surface area contributed by atoms with Crippen LogP contribution >= 0.6 is 11.6 Å². The summed E-state index contributed by atoms with van der Waals surface area (Å²) in [5, 5.41) is -6.26. The largest absolute Gasteiger partial charge is 0.393 e. The van der Waals surface area contributed by atoms with E-state index in [1.807, 2.05) is 0 Å². The SMILES string of the molecule is O=C(N1CCCCC1)C(F)(F)C(F)(F)C(F)(F)C(F)(F)C(F)(F)Cl. The van der Waals surface area contributed by atoms with Crippen LogP contribution in [0.5, 0.6) is 0 Å². The monoisotopic (exact) mass is 397 g/mol. The smallest absolute Gasteiger partial charge is 0.337 e. The van der Waals surface area contributed by atoms with E-state index in [1.165, 1.54) is 0 Å². The first-order valence-corrected chi connectivity index (χ1v) is 6.77. The van der Waals surface area contributed by atoms with Gasteiger partial charge in [-0.15, -0.1) is 0 Å². The quantitative estimate of drug-likeness (QED) is 0.498. The van der Waals surface area contributed by atoms with Gasteiger partial charge in [0.25, 0.3) is 5.91 Å². The van der Waals surface area contributed by atoms with Gasteiger partial charge in [0.05, 0.1) is 0 Å². The topological polar surface area (TPSA) is 20.3 Å². The predicted octanol–water partition coefficient (Wildman–Crippen LogP) is 4.37. The van der Waals surface area contributed by atoms with Crippen molar-refractivity contribution in [3.05, 3.63) is 0 Å². The van der Waals surface area contributed by atoms with Crippen molar-refractivity contribution < 1.29 is 48.7 Å². The summed E-state index contributed by atoms with van der Waals surface area (Å²) in [6.45, 7) is -0.976. The van der Waals surface area contributed by atoms with E-state index in [-0.39, 0.29) is 17.7 Å². The van der Waals surface area contributed by atoms with E-state index in [0.29, 0.717) is 6.42 Å². The fourth-order valence-electron chi connectivity index (χ4n) is 2.00. The summed E-state index contributed by atoms with van der Waals surface area (Å²) < 4.78 is 131. The van der Waals surface area contributed by atoms with Crippen LogP contribution in [0.3, 0.4) is 0 Å². The van der Waals surface area contributed by atoms with Gasteiger partial charge in [0.2, 0.25) is 0 Å². The standard InChI is InChI=1S/C11H10ClF10NO/c12-11(21,22)10(19,20)9(17,18)8(15,16)7(13,14)6(24)23-4-2-1-3-5-23/h1-5H2. The Labute approximate surface area is 133 Å². The average molecular weight is 398 g/mol. The highest BCUT2D eigenvalue weighted by atomic mass is 35.5. The number of likely N-dealkylation sites (tertiary alicyclic amines) is 1. The molecule has 1 fully saturated rings. The lowest BCUT2D eigenvalue weighted by Gasteiger charge is -2.39. The van der Waals surface area contributed by atoms with Gasteiger partial charge in [0.15, 0.2) is 0 Å². The normalized spacial score (nSPS) is 18.7. The average Bonchev–Trinajstić information content (AvgIpc) is 2.45. The first-order chi connectivity index (χ1) is 10.5. The maximum atomic E-state index is 13.6. The maximum Gasteiger partial charge on any atom is 0.393 e. The Morgan fingerprint density at radius 2 is 1.12 bits per heavy atom. The van der Waals surface area contributed by atoms with Gasteiger partial charge in [-0.2, -0.15) is 43.9 Å². The molecule has 24 heavy (non-hydrogen) atoms. The lowest BCUT2D eigenvalue weighted by Crippen LogP contribution is -2.69. The van der Waals surface area contributed by atoms with Crippen molar-refractivity contribution in [1.29, 1.82) is 0 Å². The number of alkyl halides is 11. The number of amides is 1. The number of rotatable bonds is 5. The predicted molar refractivity (Wildman–Crippen MR) is 61.0 cm³/mol. The van der Waals surface area contributed by atoms with Gasteiger partial charge in [0, 0.05) is 13.1 Å². The molecule has 0 saturated carbocycles. The zero-order valence-electron chi connectivity index (χ0n) is 11.5. The summed E-state index contributed by atoms with van der Waals surface area (Å²) in [6, 6.07) is 0. The summed E-state index contributed by atoms with van der Waals surface area (Å²) in [5.41, 5.74) is 0. The minimum atomic E-state index is -7.31. The van der Waals surface area contributed by atoms with E-state index < -0.39 is 48.1 Å². The molecule has 0 aromatic carbocycles. The number of nitrogens with zero attached hydrogens (tertiary/aromatic N) is 1. The van der Waals surface area contributed by atoms with Crippen LogP contribution in [0, 0.1) is 0 Å². The highest BCUT2D eigenvalue weighted by Gasteiger charge is 2.87. The molecular weight excluding hydrogens is 388 g/mol.